The summed E-state index contributed by atoms with van der Waals surface area (Å²) >= 11 is 0. The van der Waals surface area contributed by atoms with Gasteiger partial charge in [-0.15, -0.1) is 0 Å². The van der Waals surface area contributed by atoms with Gasteiger partial charge in [0.1, 0.15) is 23.8 Å². The van der Waals surface area contributed by atoms with Gasteiger partial charge in [-0.05, 0) is 35.9 Å². The van der Waals surface area contributed by atoms with Crippen molar-refractivity contribution in [3.8, 4) is 28.5 Å². The van der Waals surface area contributed by atoms with E-state index in [0.29, 0.717) is 22.5 Å². The second kappa shape index (κ2) is 7.71. The van der Waals surface area contributed by atoms with Crippen molar-refractivity contribution in [1.29, 1.82) is 5.26 Å². The van der Waals surface area contributed by atoms with Crippen LogP contribution in [0, 0.1) is 11.3 Å². The molecule has 0 fully saturated rings. The molecule has 0 aromatic carbocycles. The average molecular weight is 359 g/mol. The second-order valence-corrected chi connectivity index (χ2v) is 5.25. The first kappa shape index (κ1) is 17.5. The highest BCUT2D eigenvalue weighted by Crippen LogP contribution is 2.31. The molecule has 0 radical (unpaired) electrons. The summed E-state index contributed by atoms with van der Waals surface area (Å²) in [5.74, 6) is 0.197. The van der Waals surface area contributed by atoms with Gasteiger partial charge in [0.2, 0.25) is 0 Å². The first-order chi connectivity index (χ1) is 13.2. The molecular formula is C18H13N7O2. The van der Waals surface area contributed by atoms with Gasteiger partial charge in [0.05, 0.1) is 5.69 Å². The number of nitrogens with zero attached hydrogens (tertiary/aromatic N) is 6. The Morgan fingerprint density at radius 3 is 2.63 bits per heavy atom. The van der Waals surface area contributed by atoms with Crippen molar-refractivity contribution in [2.24, 2.45) is 0 Å². The minimum atomic E-state index is -0.250. The third-order valence-electron chi connectivity index (χ3n) is 3.73. The summed E-state index contributed by atoms with van der Waals surface area (Å²) in [6, 6.07) is 11.4. The average Bonchev–Trinajstić information content (AvgIpc) is 3.16. The van der Waals surface area contributed by atoms with Crippen molar-refractivity contribution < 1.29 is 9.90 Å². The van der Waals surface area contributed by atoms with E-state index < -0.39 is 0 Å². The molecule has 3 N–H and O–H groups in total. The van der Waals surface area contributed by atoms with Crippen LogP contribution in [-0.4, -0.2) is 36.1 Å². The van der Waals surface area contributed by atoms with Gasteiger partial charge in [0.15, 0.2) is 5.65 Å². The number of fused-ring (bicyclic) bond motifs is 1. The van der Waals surface area contributed by atoms with Gasteiger partial charge in [-0.3, -0.25) is 9.78 Å². The van der Waals surface area contributed by atoms with Crippen molar-refractivity contribution in [2.75, 3.05) is 5.73 Å². The van der Waals surface area contributed by atoms with Crippen molar-refractivity contribution in [3.05, 3.63) is 60.8 Å². The molecule has 0 aliphatic carbocycles. The van der Waals surface area contributed by atoms with E-state index in [2.05, 4.69) is 26.1 Å². The number of carbonyl (C=O) groups is 1. The Kier molecular flexibility index (Phi) is 5.00. The predicted octanol–water partition coefficient (Wildman–Crippen LogP) is 2.01. The highest BCUT2D eigenvalue weighted by molar-refractivity contribution is 5.81. The number of anilines is 1. The van der Waals surface area contributed by atoms with Crippen LogP contribution in [0.1, 0.15) is 5.56 Å². The van der Waals surface area contributed by atoms with Crippen LogP contribution in [-0.2, 0) is 4.79 Å². The van der Waals surface area contributed by atoms with Crippen LogP contribution in [0.25, 0.3) is 28.0 Å². The Bertz CT molecular complexity index is 1130. The highest BCUT2D eigenvalue weighted by atomic mass is 16.3. The monoisotopic (exact) mass is 359 g/mol. The molecule has 0 atom stereocenters. The lowest BCUT2D eigenvalue weighted by atomic mass is 9.99. The molecule has 27 heavy (non-hydrogen) atoms. The lowest BCUT2D eigenvalue weighted by Gasteiger charge is -2.10. The molecule has 132 valence electrons. The lowest BCUT2D eigenvalue weighted by Crippen LogP contribution is -2.00. The minimum Gasteiger partial charge on any atom is -0.483 e. The number of hydrogen-bond donors (Lipinski definition) is 2. The Balaban J connectivity index is 0.000000659. The lowest BCUT2D eigenvalue weighted by molar-refractivity contribution is -0.122. The maximum absolute atomic E-state index is 9.48. The number of nitrogen functional groups attached to an aromatic ring is 1. The summed E-state index contributed by atoms with van der Waals surface area (Å²) in [7, 11) is 0. The normalized spacial score (nSPS) is 9.89. The summed E-state index contributed by atoms with van der Waals surface area (Å²) in [6.07, 6.45) is 6.65. The molecule has 4 rings (SSSR count). The Labute approximate surface area is 153 Å². The first-order valence-corrected chi connectivity index (χ1v) is 7.66. The van der Waals surface area contributed by atoms with Crippen molar-refractivity contribution in [3.63, 3.8) is 0 Å². The fraction of sp³-hybridized carbons (Fsp3) is 0. The van der Waals surface area contributed by atoms with Crippen LogP contribution in [0.4, 0.5) is 5.82 Å². The van der Waals surface area contributed by atoms with E-state index in [1.54, 1.807) is 23.1 Å². The molecule has 9 nitrogen and oxygen atoms in total. The van der Waals surface area contributed by atoms with Crippen LogP contribution >= 0.6 is 0 Å². The molecule has 0 amide bonds. The minimum absolute atomic E-state index is 0.197. The van der Waals surface area contributed by atoms with E-state index in [0.717, 1.165) is 11.1 Å². The molecule has 0 unspecified atom stereocenters. The number of carboxylic acid groups (broad SMARTS) is 1. The van der Waals surface area contributed by atoms with Crippen LogP contribution in [0.15, 0.2) is 55.2 Å². The van der Waals surface area contributed by atoms with Gasteiger partial charge >= 0.3 is 0 Å². The Morgan fingerprint density at radius 2 is 1.93 bits per heavy atom. The third-order valence-corrected chi connectivity index (χ3v) is 3.73. The van der Waals surface area contributed by atoms with Crippen molar-refractivity contribution in [2.45, 2.75) is 0 Å². The number of pyridine rings is 3. The summed E-state index contributed by atoms with van der Waals surface area (Å²) in [6.45, 7) is -0.250. The number of aromatic nitrogens is 5. The molecule has 4 heterocycles. The van der Waals surface area contributed by atoms with Gasteiger partial charge in [-0.2, -0.15) is 10.4 Å². The molecule has 0 saturated carbocycles. The SMILES string of the molecule is N#Cc1c(-c2ccn3ncnc3c2)cc(-c2ccncc2)nc1N.O=CO. The zero-order valence-electron chi connectivity index (χ0n) is 13.9. The molecule has 9 heteroatoms. The standard InChI is InChI=1S/C17H11N7.CH2O2/c18-9-14-13(12-3-6-24-16(7-12)21-10-22-24)8-15(23-17(14)19)11-1-4-20-5-2-11;2-1-3/h1-8,10H,(H2,19,23);1H,(H,2,3). The van der Waals surface area contributed by atoms with Gasteiger partial charge in [0.25, 0.3) is 6.47 Å². The van der Waals surface area contributed by atoms with Gasteiger partial charge in [-0.1, -0.05) is 0 Å². The molecule has 4 aromatic rings. The zero-order valence-corrected chi connectivity index (χ0v) is 13.9. The summed E-state index contributed by atoms with van der Waals surface area (Å²) in [4.78, 5) is 20.9. The van der Waals surface area contributed by atoms with Crippen LogP contribution in [0.2, 0.25) is 0 Å². The predicted molar refractivity (Wildman–Crippen MR) is 97.3 cm³/mol. The van der Waals surface area contributed by atoms with Crippen LogP contribution < -0.4 is 5.73 Å². The van der Waals surface area contributed by atoms with Gasteiger partial charge in [-0.25, -0.2) is 14.5 Å². The topological polar surface area (TPSA) is 143 Å². The maximum atomic E-state index is 9.48. The summed E-state index contributed by atoms with van der Waals surface area (Å²) in [5.41, 5.74) is 10.2. The highest BCUT2D eigenvalue weighted by Gasteiger charge is 2.14. The smallest absolute Gasteiger partial charge is 0.290 e. The van der Waals surface area contributed by atoms with E-state index in [1.807, 2.05) is 30.3 Å². The fourth-order valence-electron chi connectivity index (χ4n) is 2.56. The fourth-order valence-corrected chi connectivity index (χ4v) is 2.56. The Hall–Kier alpha value is -4.32. The molecule has 0 spiro atoms. The molecule has 0 aliphatic rings. The molecule has 0 aliphatic heterocycles. The van der Waals surface area contributed by atoms with Crippen molar-refractivity contribution >= 4 is 17.9 Å². The number of hydrogen-bond acceptors (Lipinski definition) is 7. The second-order valence-electron chi connectivity index (χ2n) is 5.25. The quantitative estimate of drug-likeness (QED) is 0.517. The maximum Gasteiger partial charge on any atom is 0.290 e. The third kappa shape index (κ3) is 3.54. The largest absolute Gasteiger partial charge is 0.483 e. The van der Waals surface area contributed by atoms with Crippen molar-refractivity contribution in [1.82, 2.24) is 24.6 Å². The van der Waals surface area contributed by atoms with E-state index in [-0.39, 0.29) is 12.3 Å². The number of rotatable bonds is 2. The Morgan fingerprint density at radius 1 is 1.19 bits per heavy atom. The molecule has 0 bridgehead atoms. The molecule has 0 saturated heterocycles. The number of nitriles is 1. The summed E-state index contributed by atoms with van der Waals surface area (Å²) in [5, 5.41) is 20.4. The number of nitrogens with two attached hydrogens (primary N) is 1. The molecule has 4 aromatic heterocycles. The van der Waals surface area contributed by atoms with E-state index in [4.69, 9.17) is 15.6 Å². The first-order valence-electron chi connectivity index (χ1n) is 7.66. The van der Waals surface area contributed by atoms with E-state index in [9.17, 15) is 5.26 Å². The van der Waals surface area contributed by atoms with E-state index >= 15 is 0 Å². The zero-order chi connectivity index (χ0) is 19.2. The summed E-state index contributed by atoms with van der Waals surface area (Å²) < 4.78 is 1.66. The van der Waals surface area contributed by atoms with Crippen LogP contribution in [0.5, 0.6) is 0 Å². The van der Waals surface area contributed by atoms with Crippen LogP contribution in [0.3, 0.4) is 0 Å². The molecular weight excluding hydrogens is 346 g/mol. The van der Waals surface area contributed by atoms with Gasteiger partial charge in [0, 0.05) is 29.7 Å². The van der Waals surface area contributed by atoms with Gasteiger partial charge < -0.3 is 10.8 Å². The van der Waals surface area contributed by atoms with E-state index in [1.165, 1.54) is 6.33 Å².